The van der Waals surface area contributed by atoms with E-state index in [9.17, 15) is 8.78 Å². The van der Waals surface area contributed by atoms with Crippen LogP contribution in [0.25, 0.3) is 11.0 Å². The average Bonchev–Trinajstić information content (AvgIpc) is 3.20. The lowest BCUT2D eigenvalue weighted by Gasteiger charge is -2.18. The Morgan fingerprint density at radius 1 is 1.23 bits per heavy atom. The van der Waals surface area contributed by atoms with Crippen LogP contribution in [0.15, 0.2) is 41.7 Å². The Labute approximate surface area is 152 Å². The van der Waals surface area contributed by atoms with Gasteiger partial charge in [-0.25, -0.2) is 23.4 Å². The predicted molar refractivity (Wildman–Crippen MR) is 93.0 cm³/mol. The minimum Gasteiger partial charge on any atom is -0.300 e. The van der Waals surface area contributed by atoms with Gasteiger partial charge in [-0.3, -0.25) is 5.43 Å². The summed E-state index contributed by atoms with van der Waals surface area (Å²) in [6.45, 7) is 0.501. The highest BCUT2D eigenvalue weighted by atomic mass is 35.5. The van der Waals surface area contributed by atoms with E-state index in [1.165, 1.54) is 0 Å². The Morgan fingerprint density at radius 2 is 2.00 bits per heavy atom. The number of alkyl halides is 2. The lowest BCUT2D eigenvalue weighted by Crippen LogP contribution is -2.36. The summed E-state index contributed by atoms with van der Waals surface area (Å²) in [5.74, 6) is -0.318. The number of hydrogen-bond acceptors (Lipinski definition) is 6. The fraction of sp³-hybridized carbons (Fsp3) is 0.250. The van der Waals surface area contributed by atoms with E-state index < -0.39 is 12.6 Å². The van der Waals surface area contributed by atoms with Gasteiger partial charge in [0, 0.05) is 13.2 Å². The second-order valence-corrected chi connectivity index (χ2v) is 6.21. The summed E-state index contributed by atoms with van der Waals surface area (Å²) < 4.78 is 27.3. The molecule has 0 radical (unpaired) electrons. The second-order valence-electron chi connectivity index (χ2n) is 5.87. The summed E-state index contributed by atoms with van der Waals surface area (Å²) in [7, 11) is 1.68. The molecule has 0 spiro atoms. The van der Waals surface area contributed by atoms with Crippen LogP contribution in [0.5, 0.6) is 0 Å². The molecule has 3 heterocycles. The number of aliphatic imine (C=N–C) groups is 1. The van der Waals surface area contributed by atoms with E-state index in [1.807, 2.05) is 24.3 Å². The Bertz CT molecular complexity index is 970. The third-order valence-electron chi connectivity index (χ3n) is 4.08. The van der Waals surface area contributed by atoms with Crippen molar-refractivity contribution in [3.8, 4) is 0 Å². The van der Waals surface area contributed by atoms with E-state index >= 15 is 0 Å². The number of aromatic nitrogens is 4. The largest absolute Gasteiger partial charge is 0.300 e. The van der Waals surface area contributed by atoms with Crippen LogP contribution in [0.2, 0.25) is 5.28 Å². The molecule has 1 N–H and O–H groups in total. The maximum atomic E-state index is 12.8. The van der Waals surface area contributed by atoms with Crippen LogP contribution in [0.3, 0.4) is 0 Å². The van der Waals surface area contributed by atoms with Gasteiger partial charge in [0.1, 0.15) is 6.17 Å². The summed E-state index contributed by atoms with van der Waals surface area (Å²) in [6, 6.07) is 7.55. The minimum atomic E-state index is -2.62. The molecule has 1 aliphatic heterocycles. The van der Waals surface area contributed by atoms with Crippen molar-refractivity contribution in [2.24, 2.45) is 4.99 Å². The molecule has 1 aromatic carbocycles. The number of hydrogen-bond donors (Lipinski definition) is 1. The molecule has 0 amide bonds. The van der Waals surface area contributed by atoms with Gasteiger partial charge >= 0.3 is 0 Å². The Morgan fingerprint density at radius 3 is 2.69 bits per heavy atom. The van der Waals surface area contributed by atoms with Gasteiger partial charge in [0.2, 0.25) is 5.28 Å². The molecule has 0 bridgehead atoms. The maximum Gasteiger partial charge on any atom is 0.296 e. The normalized spacial score (nSPS) is 17.7. The molecule has 1 aliphatic rings. The quantitative estimate of drug-likeness (QED) is 0.708. The van der Waals surface area contributed by atoms with Gasteiger partial charge in [-0.05, 0) is 22.7 Å². The standard InChI is InChI=1S/C16H14ClF2N7/c1-25-14(22-13(24-25)12(18)19)10-4-2-9(3-5-10)8-26-15-11(7-21-26)6-20-16(17)23-15/h2-7,12,14H,8H2,1H3,(H,22,24). The zero-order valence-corrected chi connectivity index (χ0v) is 14.4. The molecule has 3 aromatic rings. The first kappa shape index (κ1) is 16.8. The molecule has 7 nitrogen and oxygen atoms in total. The van der Waals surface area contributed by atoms with Crippen molar-refractivity contribution in [2.75, 3.05) is 7.05 Å². The van der Waals surface area contributed by atoms with E-state index in [2.05, 4.69) is 25.5 Å². The first-order valence-corrected chi connectivity index (χ1v) is 8.17. The molecule has 4 rings (SSSR count). The summed E-state index contributed by atoms with van der Waals surface area (Å²) in [4.78, 5) is 12.2. The van der Waals surface area contributed by atoms with Crippen molar-refractivity contribution in [3.05, 3.63) is 53.1 Å². The molecule has 0 saturated heterocycles. The van der Waals surface area contributed by atoms with E-state index in [0.29, 0.717) is 12.2 Å². The third kappa shape index (κ3) is 3.11. The molecular weight excluding hydrogens is 364 g/mol. The Kier molecular flexibility index (Phi) is 4.25. The van der Waals surface area contributed by atoms with Crippen LogP contribution < -0.4 is 5.43 Å². The van der Waals surface area contributed by atoms with Gasteiger partial charge in [-0.15, -0.1) is 0 Å². The number of hydrazine groups is 1. The fourth-order valence-corrected chi connectivity index (χ4v) is 2.95. The summed E-state index contributed by atoms with van der Waals surface area (Å²) in [5.41, 5.74) is 5.02. The van der Waals surface area contributed by atoms with Crippen molar-refractivity contribution in [3.63, 3.8) is 0 Å². The third-order valence-corrected chi connectivity index (χ3v) is 4.27. The molecule has 26 heavy (non-hydrogen) atoms. The highest BCUT2D eigenvalue weighted by Gasteiger charge is 2.28. The molecule has 2 aromatic heterocycles. The number of halogens is 3. The SMILES string of the molecule is CN1NC(C(F)F)=NC1c1ccc(Cn2ncc3cnc(Cl)nc32)cc1. The zero-order chi connectivity index (χ0) is 18.3. The van der Waals surface area contributed by atoms with Crippen molar-refractivity contribution in [2.45, 2.75) is 19.1 Å². The predicted octanol–water partition coefficient (Wildman–Crippen LogP) is 2.64. The maximum absolute atomic E-state index is 12.8. The van der Waals surface area contributed by atoms with E-state index in [0.717, 1.165) is 16.5 Å². The number of amidine groups is 1. The van der Waals surface area contributed by atoms with Crippen LogP contribution in [0.1, 0.15) is 17.3 Å². The van der Waals surface area contributed by atoms with Gasteiger partial charge in [0.15, 0.2) is 11.5 Å². The highest BCUT2D eigenvalue weighted by molar-refractivity contribution is 6.28. The number of fused-ring (bicyclic) bond motifs is 1. The molecule has 0 saturated carbocycles. The van der Waals surface area contributed by atoms with Crippen molar-refractivity contribution >= 4 is 28.5 Å². The summed E-state index contributed by atoms with van der Waals surface area (Å²) in [6.07, 6.45) is 0.201. The van der Waals surface area contributed by atoms with Crippen LogP contribution in [0, 0.1) is 0 Å². The number of nitrogens with one attached hydrogen (secondary N) is 1. The molecule has 134 valence electrons. The Hall–Kier alpha value is -2.65. The van der Waals surface area contributed by atoms with Gasteiger partial charge in [-0.2, -0.15) is 15.1 Å². The van der Waals surface area contributed by atoms with Gasteiger partial charge < -0.3 is 0 Å². The van der Waals surface area contributed by atoms with Gasteiger partial charge in [-0.1, -0.05) is 24.3 Å². The molecule has 1 atom stereocenters. The molecule has 10 heteroatoms. The topological polar surface area (TPSA) is 71.2 Å². The van der Waals surface area contributed by atoms with Gasteiger partial charge in [0.05, 0.1) is 18.1 Å². The first-order valence-electron chi connectivity index (χ1n) is 7.79. The lowest BCUT2D eigenvalue weighted by atomic mass is 10.1. The van der Waals surface area contributed by atoms with E-state index in [-0.39, 0.29) is 11.1 Å². The van der Waals surface area contributed by atoms with Crippen LogP contribution in [0.4, 0.5) is 8.78 Å². The summed E-state index contributed by atoms with van der Waals surface area (Å²) in [5, 5.41) is 6.83. The molecular formula is C16H14ClF2N7. The monoisotopic (exact) mass is 377 g/mol. The Balaban J connectivity index is 1.55. The number of nitrogens with zero attached hydrogens (tertiary/aromatic N) is 6. The molecule has 0 aliphatic carbocycles. The van der Waals surface area contributed by atoms with Gasteiger partial charge in [0.25, 0.3) is 6.43 Å². The highest BCUT2D eigenvalue weighted by Crippen LogP contribution is 2.25. The van der Waals surface area contributed by atoms with Crippen LogP contribution >= 0.6 is 11.6 Å². The fourth-order valence-electron chi connectivity index (χ4n) is 2.82. The van der Waals surface area contributed by atoms with Crippen molar-refractivity contribution < 1.29 is 8.78 Å². The first-order chi connectivity index (χ1) is 12.5. The smallest absolute Gasteiger partial charge is 0.296 e. The average molecular weight is 378 g/mol. The molecule has 0 fully saturated rings. The summed E-state index contributed by atoms with van der Waals surface area (Å²) >= 11 is 5.85. The zero-order valence-electron chi connectivity index (χ0n) is 13.6. The minimum absolute atomic E-state index is 0.166. The van der Waals surface area contributed by atoms with Crippen molar-refractivity contribution in [1.29, 1.82) is 0 Å². The molecule has 1 unspecified atom stereocenters. The number of rotatable bonds is 4. The van der Waals surface area contributed by atoms with Crippen LogP contribution in [-0.2, 0) is 6.54 Å². The second kappa shape index (κ2) is 6.58. The lowest BCUT2D eigenvalue weighted by molar-refractivity contribution is 0.203. The van der Waals surface area contributed by atoms with Crippen LogP contribution in [-0.4, -0.2) is 44.1 Å². The van der Waals surface area contributed by atoms with E-state index in [4.69, 9.17) is 11.6 Å². The van der Waals surface area contributed by atoms with E-state index in [1.54, 1.807) is 29.1 Å². The number of benzene rings is 1. The van der Waals surface area contributed by atoms with Crippen molar-refractivity contribution in [1.82, 2.24) is 30.2 Å².